The lowest BCUT2D eigenvalue weighted by molar-refractivity contribution is -0.149. The molecule has 1 aromatic heterocycles. The summed E-state index contributed by atoms with van der Waals surface area (Å²) in [5, 5.41) is 4.62. The summed E-state index contributed by atoms with van der Waals surface area (Å²) in [5.74, 6) is 1.04. The number of imidazole rings is 1. The Bertz CT molecular complexity index is 1450. The highest BCUT2D eigenvalue weighted by Gasteiger charge is 2.24. The van der Waals surface area contributed by atoms with Crippen LogP contribution in [0.4, 0.5) is 4.79 Å². The summed E-state index contributed by atoms with van der Waals surface area (Å²) in [4.78, 5) is 30.4. The Kier molecular flexibility index (Phi) is 11.0. The Hall–Kier alpha value is -4.33. The molecule has 1 atom stereocenters. The van der Waals surface area contributed by atoms with Crippen LogP contribution in [-0.2, 0) is 22.4 Å². The average Bonchev–Trinajstić information content (AvgIpc) is 3.38. The van der Waals surface area contributed by atoms with Gasteiger partial charge in [0, 0.05) is 25.6 Å². The van der Waals surface area contributed by atoms with E-state index < -0.39 is 12.1 Å². The fraction of sp³-hybridized carbons (Fsp3) is 0.382. The maximum Gasteiger partial charge on any atom is 0.351 e. The number of carbonyl (C=O) groups excluding carboxylic acids is 2. The summed E-state index contributed by atoms with van der Waals surface area (Å²) in [7, 11) is 3.03. The highest BCUT2D eigenvalue weighted by Crippen LogP contribution is 2.26. The normalized spacial score (nSPS) is 11.7. The van der Waals surface area contributed by atoms with Crippen LogP contribution >= 0.6 is 0 Å². The van der Waals surface area contributed by atoms with E-state index in [2.05, 4.69) is 31.3 Å². The molecule has 0 aliphatic carbocycles. The van der Waals surface area contributed by atoms with Crippen LogP contribution in [0.1, 0.15) is 74.6 Å². The van der Waals surface area contributed by atoms with Crippen molar-refractivity contribution in [2.24, 2.45) is 0 Å². The lowest BCUT2D eigenvalue weighted by atomic mass is 10.0. The van der Waals surface area contributed by atoms with Crippen molar-refractivity contribution in [2.45, 2.75) is 64.9 Å². The van der Waals surface area contributed by atoms with Crippen molar-refractivity contribution >= 4 is 23.0 Å². The maximum atomic E-state index is 13.0. The summed E-state index contributed by atoms with van der Waals surface area (Å²) < 4.78 is 13.0. The molecule has 8 heteroatoms. The number of nitrogens with zero attached hydrogens (tertiary/aromatic N) is 3. The predicted molar refractivity (Wildman–Crippen MR) is 166 cm³/mol. The molecular formula is C34H42N4O4. The van der Waals surface area contributed by atoms with Crippen molar-refractivity contribution in [3.63, 3.8) is 0 Å². The smallest absolute Gasteiger partial charge is 0.351 e. The van der Waals surface area contributed by atoms with Crippen molar-refractivity contribution in [2.75, 3.05) is 25.7 Å². The first-order valence-corrected chi connectivity index (χ1v) is 14.9. The van der Waals surface area contributed by atoms with Gasteiger partial charge >= 0.3 is 12.0 Å². The molecule has 1 N–H and O–H groups in total. The molecule has 1 heterocycles. The van der Waals surface area contributed by atoms with Gasteiger partial charge in [-0.2, -0.15) is 0 Å². The van der Waals surface area contributed by atoms with E-state index >= 15 is 0 Å². The van der Waals surface area contributed by atoms with Crippen LogP contribution in [0.3, 0.4) is 0 Å². The number of amides is 2. The number of esters is 1. The molecule has 42 heavy (non-hydrogen) atoms. The molecular weight excluding hydrogens is 528 g/mol. The SMILES string of the molecule is CCCCCN(C(=O)NC)n1c(CCCC)nc2ccc(Cc3ccc(OC(C(=O)OC)c4ccccc4)cc3)cc21. The Morgan fingerprint density at radius 3 is 2.31 bits per heavy atom. The first-order valence-electron chi connectivity index (χ1n) is 14.9. The minimum atomic E-state index is -0.841. The van der Waals surface area contributed by atoms with Gasteiger partial charge in [-0.1, -0.05) is 81.6 Å². The van der Waals surface area contributed by atoms with Crippen LogP contribution in [0.5, 0.6) is 5.75 Å². The summed E-state index contributed by atoms with van der Waals surface area (Å²) >= 11 is 0. The molecule has 0 aliphatic heterocycles. The van der Waals surface area contributed by atoms with Gasteiger partial charge in [0.15, 0.2) is 0 Å². The van der Waals surface area contributed by atoms with Crippen molar-refractivity contribution < 1.29 is 19.1 Å². The Balaban J connectivity index is 1.59. The van der Waals surface area contributed by atoms with Crippen LogP contribution in [-0.4, -0.2) is 42.4 Å². The van der Waals surface area contributed by atoms with Gasteiger partial charge in [0.2, 0.25) is 6.10 Å². The second-order valence-electron chi connectivity index (χ2n) is 10.4. The third-order valence-corrected chi connectivity index (χ3v) is 7.28. The number of urea groups is 1. The molecule has 0 fully saturated rings. The lowest BCUT2D eigenvalue weighted by Crippen LogP contribution is -2.47. The van der Waals surface area contributed by atoms with Gasteiger partial charge in [-0.15, -0.1) is 0 Å². The Morgan fingerprint density at radius 1 is 0.929 bits per heavy atom. The molecule has 0 saturated heterocycles. The number of carbonyl (C=O) groups is 2. The molecule has 4 rings (SSSR count). The van der Waals surface area contributed by atoms with Gasteiger partial charge in [0.1, 0.15) is 11.6 Å². The van der Waals surface area contributed by atoms with E-state index in [-0.39, 0.29) is 6.03 Å². The molecule has 0 aliphatic rings. The predicted octanol–water partition coefficient (Wildman–Crippen LogP) is 6.73. The van der Waals surface area contributed by atoms with E-state index in [4.69, 9.17) is 14.5 Å². The van der Waals surface area contributed by atoms with E-state index in [1.165, 1.54) is 7.11 Å². The minimum absolute atomic E-state index is 0.134. The first-order chi connectivity index (χ1) is 20.5. The molecule has 0 saturated carbocycles. The van der Waals surface area contributed by atoms with E-state index in [1.54, 1.807) is 12.1 Å². The second-order valence-corrected chi connectivity index (χ2v) is 10.4. The maximum absolute atomic E-state index is 13.0. The summed E-state index contributed by atoms with van der Waals surface area (Å²) in [6.07, 6.45) is 5.77. The molecule has 0 radical (unpaired) electrons. The third-order valence-electron chi connectivity index (χ3n) is 7.28. The van der Waals surface area contributed by atoms with Gasteiger partial charge < -0.3 is 14.8 Å². The standard InChI is InChI=1S/C34H42N4O4/c1-5-7-12-22-37(34(40)35-3)38-30-24-26(18-21-29(30)36-31(38)15-8-6-2)23-25-16-19-28(20-17-25)42-32(33(39)41-4)27-13-10-9-11-14-27/h9-11,13-14,16-21,24,32H,5-8,12,15,22-23H2,1-4H3,(H,35,40). The summed E-state index contributed by atoms with van der Waals surface area (Å²) in [6, 6.07) is 23.2. The van der Waals surface area contributed by atoms with Crippen LogP contribution in [0.25, 0.3) is 11.0 Å². The number of methoxy groups -OCH3 is 1. The molecule has 4 aromatic rings. The van der Waals surface area contributed by atoms with Crippen LogP contribution in [0, 0.1) is 0 Å². The molecule has 222 valence electrons. The van der Waals surface area contributed by atoms with E-state index in [0.29, 0.717) is 18.7 Å². The number of nitrogens with one attached hydrogen (secondary N) is 1. The Labute approximate surface area is 248 Å². The van der Waals surface area contributed by atoms with Crippen LogP contribution < -0.4 is 15.1 Å². The topological polar surface area (TPSA) is 85.7 Å². The van der Waals surface area contributed by atoms with Crippen molar-refractivity contribution in [3.8, 4) is 5.75 Å². The fourth-order valence-electron chi connectivity index (χ4n) is 5.01. The summed E-state index contributed by atoms with van der Waals surface area (Å²) in [5.41, 5.74) is 4.76. The van der Waals surface area contributed by atoms with Crippen molar-refractivity contribution in [1.29, 1.82) is 0 Å². The zero-order valence-corrected chi connectivity index (χ0v) is 25.1. The Morgan fingerprint density at radius 2 is 1.64 bits per heavy atom. The number of hydrogen-bond donors (Lipinski definition) is 1. The van der Waals surface area contributed by atoms with E-state index in [1.807, 2.05) is 65.3 Å². The van der Waals surface area contributed by atoms with Gasteiger partial charge in [0.25, 0.3) is 0 Å². The number of rotatable bonds is 14. The first kappa shape index (κ1) is 30.6. The quantitative estimate of drug-likeness (QED) is 0.134. The molecule has 0 bridgehead atoms. The molecule has 1 unspecified atom stereocenters. The third kappa shape index (κ3) is 7.49. The van der Waals surface area contributed by atoms with Crippen LogP contribution in [0.2, 0.25) is 0 Å². The number of ether oxygens (including phenoxy) is 2. The lowest BCUT2D eigenvalue weighted by Gasteiger charge is -2.26. The number of aryl methyl sites for hydroxylation is 1. The zero-order valence-electron chi connectivity index (χ0n) is 25.1. The highest BCUT2D eigenvalue weighted by molar-refractivity contribution is 5.87. The van der Waals surface area contributed by atoms with E-state index in [0.717, 1.165) is 72.1 Å². The van der Waals surface area contributed by atoms with Gasteiger partial charge in [-0.3, -0.25) is 0 Å². The zero-order chi connectivity index (χ0) is 29.9. The number of unbranched alkanes of at least 4 members (excludes halogenated alkanes) is 3. The molecule has 8 nitrogen and oxygen atoms in total. The molecule has 2 amide bonds. The fourth-order valence-corrected chi connectivity index (χ4v) is 5.01. The average molecular weight is 571 g/mol. The molecule has 0 spiro atoms. The monoisotopic (exact) mass is 570 g/mol. The molecule has 3 aromatic carbocycles. The number of fused-ring (bicyclic) bond motifs is 1. The van der Waals surface area contributed by atoms with E-state index in [9.17, 15) is 9.59 Å². The summed E-state index contributed by atoms with van der Waals surface area (Å²) in [6.45, 7) is 4.95. The highest BCUT2D eigenvalue weighted by atomic mass is 16.6. The van der Waals surface area contributed by atoms with Gasteiger partial charge in [-0.05, 0) is 54.7 Å². The number of benzene rings is 3. The van der Waals surface area contributed by atoms with Crippen molar-refractivity contribution in [3.05, 3.63) is 95.3 Å². The van der Waals surface area contributed by atoms with Gasteiger partial charge in [0.05, 0.1) is 18.1 Å². The second kappa shape index (κ2) is 15.1. The minimum Gasteiger partial charge on any atom is -0.474 e. The largest absolute Gasteiger partial charge is 0.474 e. The van der Waals surface area contributed by atoms with Gasteiger partial charge in [-0.25, -0.2) is 24.3 Å². The number of aromatic nitrogens is 2. The van der Waals surface area contributed by atoms with Crippen molar-refractivity contribution in [1.82, 2.24) is 15.0 Å². The van der Waals surface area contributed by atoms with Crippen LogP contribution in [0.15, 0.2) is 72.8 Å². The number of hydrogen-bond acceptors (Lipinski definition) is 5.